The molecule has 0 radical (unpaired) electrons. The van der Waals surface area contributed by atoms with Crippen molar-refractivity contribution in [2.75, 3.05) is 0 Å². The van der Waals surface area contributed by atoms with Gasteiger partial charge in [0.1, 0.15) is 0 Å². The van der Waals surface area contributed by atoms with Crippen molar-refractivity contribution in [1.29, 1.82) is 0 Å². The molecular weight excluding hydrogens is 108 g/mol. The zero-order valence-electron chi connectivity index (χ0n) is 5.85. The van der Waals surface area contributed by atoms with Crippen LogP contribution in [0.4, 0.5) is 0 Å². The van der Waals surface area contributed by atoms with E-state index in [-0.39, 0.29) is 0 Å². The minimum Gasteiger partial charge on any atom is -0.0865 e. The lowest BCUT2D eigenvalue weighted by Gasteiger charge is -2.28. The molecule has 0 aromatic carbocycles. The summed E-state index contributed by atoms with van der Waals surface area (Å²) in [5, 5.41) is 0. The molecule has 0 aromatic heterocycles. The van der Waals surface area contributed by atoms with Gasteiger partial charge in [-0.2, -0.15) is 0 Å². The second-order valence-electron chi connectivity index (χ2n) is 3.33. The van der Waals surface area contributed by atoms with Gasteiger partial charge in [0, 0.05) is 5.41 Å². The van der Waals surface area contributed by atoms with Gasteiger partial charge in [-0.3, -0.25) is 0 Å². The summed E-state index contributed by atoms with van der Waals surface area (Å²) in [6.45, 7) is 2.24. The molecule has 2 rings (SSSR count). The summed E-state index contributed by atoms with van der Waals surface area (Å²) in [7, 11) is 0. The first-order chi connectivity index (χ1) is 4.31. The fourth-order valence-corrected chi connectivity index (χ4v) is 1.78. The summed E-state index contributed by atoms with van der Waals surface area (Å²) in [6, 6.07) is 0. The van der Waals surface area contributed by atoms with E-state index in [1.54, 1.807) is 5.57 Å². The molecule has 1 spiro atoms. The second kappa shape index (κ2) is 1.50. The van der Waals surface area contributed by atoms with Gasteiger partial charge in [0.15, 0.2) is 0 Å². The normalized spacial score (nSPS) is 39.0. The summed E-state index contributed by atoms with van der Waals surface area (Å²) >= 11 is 0. The fourth-order valence-electron chi connectivity index (χ4n) is 1.78. The SMILES string of the molecule is CC1=CC2(C=CC2)CC1. The second-order valence-corrected chi connectivity index (χ2v) is 3.33. The van der Waals surface area contributed by atoms with Gasteiger partial charge in [-0.05, 0) is 26.2 Å². The van der Waals surface area contributed by atoms with Gasteiger partial charge in [0.25, 0.3) is 0 Å². The number of hydrogen-bond acceptors (Lipinski definition) is 0. The average Bonchev–Trinajstić information content (AvgIpc) is 2.09. The van der Waals surface area contributed by atoms with Crippen molar-refractivity contribution in [2.45, 2.75) is 26.2 Å². The van der Waals surface area contributed by atoms with E-state index in [0.717, 1.165) is 0 Å². The van der Waals surface area contributed by atoms with Crippen molar-refractivity contribution < 1.29 is 0 Å². The quantitative estimate of drug-likeness (QED) is 0.431. The molecule has 0 heterocycles. The van der Waals surface area contributed by atoms with Crippen LogP contribution in [0, 0.1) is 5.41 Å². The monoisotopic (exact) mass is 120 g/mol. The van der Waals surface area contributed by atoms with Crippen molar-refractivity contribution in [1.82, 2.24) is 0 Å². The smallest absolute Gasteiger partial charge is 0.0101 e. The highest BCUT2D eigenvalue weighted by Gasteiger charge is 2.32. The van der Waals surface area contributed by atoms with Gasteiger partial charge < -0.3 is 0 Å². The van der Waals surface area contributed by atoms with Crippen LogP contribution >= 0.6 is 0 Å². The number of hydrogen-bond donors (Lipinski definition) is 0. The molecule has 9 heavy (non-hydrogen) atoms. The topological polar surface area (TPSA) is 0 Å². The standard InChI is InChI=1S/C9H12/c1-8-3-6-9(7-8)4-2-5-9/h2,4,7H,3,5-6H2,1H3. The number of rotatable bonds is 0. The molecule has 0 bridgehead atoms. The Morgan fingerprint density at radius 1 is 1.56 bits per heavy atom. The molecule has 0 fully saturated rings. The first-order valence-electron chi connectivity index (χ1n) is 3.67. The maximum absolute atomic E-state index is 2.44. The molecule has 2 aliphatic carbocycles. The van der Waals surface area contributed by atoms with Gasteiger partial charge in [0.05, 0.1) is 0 Å². The minimum atomic E-state index is 0.546. The van der Waals surface area contributed by atoms with Gasteiger partial charge in [-0.25, -0.2) is 0 Å². The third-order valence-electron chi connectivity index (χ3n) is 2.47. The van der Waals surface area contributed by atoms with E-state index in [0.29, 0.717) is 5.41 Å². The fraction of sp³-hybridized carbons (Fsp3) is 0.556. The summed E-state index contributed by atoms with van der Waals surface area (Å²) in [5.41, 5.74) is 2.13. The molecule has 0 N–H and O–H groups in total. The average molecular weight is 120 g/mol. The zero-order chi connectivity index (χ0) is 6.32. The lowest BCUT2D eigenvalue weighted by Crippen LogP contribution is -2.16. The Labute approximate surface area is 56.3 Å². The molecule has 1 unspecified atom stereocenters. The predicted octanol–water partition coefficient (Wildman–Crippen LogP) is 2.67. The molecule has 0 saturated carbocycles. The van der Waals surface area contributed by atoms with E-state index in [9.17, 15) is 0 Å². The van der Waals surface area contributed by atoms with Crippen LogP contribution in [0.25, 0.3) is 0 Å². The summed E-state index contributed by atoms with van der Waals surface area (Å²) < 4.78 is 0. The summed E-state index contributed by atoms with van der Waals surface area (Å²) in [6.07, 6.45) is 11.1. The van der Waals surface area contributed by atoms with Crippen LogP contribution in [0.3, 0.4) is 0 Å². The Hall–Kier alpha value is -0.520. The van der Waals surface area contributed by atoms with Crippen molar-refractivity contribution in [3.63, 3.8) is 0 Å². The lowest BCUT2D eigenvalue weighted by atomic mass is 9.76. The zero-order valence-corrected chi connectivity index (χ0v) is 5.85. The Kier molecular flexibility index (Phi) is 0.879. The van der Waals surface area contributed by atoms with Gasteiger partial charge >= 0.3 is 0 Å². The Morgan fingerprint density at radius 3 is 2.56 bits per heavy atom. The third-order valence-corrected chi connectivity index (χ3v) is 2.47. The van der Waals surface area contributed by atoms with Crippen LogP contribution in [0.1, 0.15) is 26.2 Å². The maximum Gasteiger partial charge on any atom is 0.0101 e. The first-order valence-corrected chi connectivity index (χ1v) is 3.67. The summed E-state index contributed by atoms with van der Waals surface area (Å²) in [4.78, 5) is 0. The molecule has 48 valence electrons. The molecular formula is C9H12. The third kappa shape index (κ3) is 0.658. The van der Waals surface area contributed by atoms with E-state index < -0.39 is 0 Å². The number of allylic oxidation sites excluding steroid dienone is 4. The predicted molar refractivity (Wildman–Crippen MR) is 39.2 cm³/mol. The van der Waals surface area contributed by atoms with Crippen molar-refractivity contribution >= 4 is 0 Å². The molecule has 1 atom stereocenters. The molecule has 0 heteroatoms. The largest absolute Gasteiger partial charge is 0.0865 e. The molecule has 0 aliphatic heterocycles. The van der Waals surface area contributed by atoms with Gasteiger partial charge in [0.2, 0.25) is 0 Å². The molecule has 0 nitrogen and oxygen atoms in total. The molecule has 0 aromatic rings. The van der Waals surface area contributed by atoms with Crippen LogP contribution in [0.15, 0.2) is 23.8 Å². The van der Waals surface area contributed by atoms with E-state index in [2.05, 4.69) is 25.2 Å². The van der Waals surface area contributed by atoms with Gasteiger partial charge in [-0.15, -0.1) is 0 Å². The maximum atomic E-state index is 2.44. The summed E-state index contributed by atoms with van der Waals surface area (Å²) in [5.74, 6) is 0. The van der Waals surface area contributed by atoms with Crippen molar-refractivity contribution in [3.05, 3.63) is 23.8 Å². The molecule has 2 aliphatic rings. The van der Waals surface area contributed by atoms with Gasteiger partial charge in [-0.1, -0.05) is 23.8 Å². The molecule has 0 saturated heterocycles. The highest BCUT2D eigenvalue weighted by Crippen LogP contribution is 2.45. The van der Waals surface area contributed by atoms with E-state index in [1.807, 2.05) is 0 Å². The highest BCUT2D eigenvalue weighted by atomic mass is 14.4. The minimum absolute atomic E-state index is 0.546. The lowest BCUT2D eigenvalue weighted by molar-refractivity contribution is 0.446. The first kappa shape index (κ1) is 5.28. The van der Waals surface area contributed by atoms with E-state index in [4.69, 9.17) is 0 Å². The Bertz CT molecular complexity index is 186. The highest BCUT2D eigenvalue weighted by molar-refractivity contribution is 5.28. The van der Waals surface area contributed by atoms with Crippen LogP contribution in [-0.2, 0) is 0 Å². The van der Waals surface area contributed by atoms with Crippen molar-refractivity contribution in [3.8, 4) is 0 Å². The molecule has 0 amide bonds. The van der Waals surface area contributed by atoms with Crippen LogP contribution in [0.5, 0.6) is 0 Å². The van der Waals surface area contributed by atoms with E-state index >= 15 is 0 Å². The van der Waals surface area contributed by atoms with Crippen LogP contribution < -0.4 is 0 Å². The Morgan fingerprint density at radius 2 is 2.33 bits per heavy atom. The van der Waals surface area contributed by atoms with Crippen LogP contribution in [-0.4, -0.2) is 0 Å². The Balaban J connectivity index is 2.26. The van der Waals surface area contributed by atoms with Crippen molar-refractivity contribution in [2.24, 2.45) is 5.41 Å². The van der Waals surface area contributed by atoms with E-state index in [1.165, 1.54) is 19.3 Å². The van der Waals surface area contributed by atoms with Crippen LogP contribution in [0.2, 0.25) is 0 Å².